The van der Waals surface area contributed by atoms with Crippen molar-refractivity contribution >= 4 is 5.97 Å². The fraction of sp³-hybridized carbons (Fsp3) is 0.889. The lowest BCUT2D eigenvalue weighted by Crippen LogP contribution is -2.37. The fourth-order valence-corrected chi connectivity index (χ4v) is 1.29. The molecule has 3 nitrogen and oxygen atoms in total. The molecule has 1 saturated heterocycles. The molecule has 1 fully saturated rings. The average Bonchev–Trinajstić information content (AvgIpc) is 2.05. The van der Waals surface area contributed by atoms with E-state index in [0.29, 0.717) is 0 Å². The number of carbonyl (C=O) groups excluding carboxylic acids is 1. The first-order valence-corrected chi connectivity index (χ1v) is 4.57. The Hall–Kier alpha value is -0.570. The normalized spacial score (nSPS) is 24.1. The van der Waals surface area contributed by atoms with Crippen molar-refractivity contribution in [3.8, 4) is 0 Å². The van der Waals surface area contributed by atoms with E-state index in [1.54, 1.807) is 0 Å². The third kappa shape index (κ3) is 2.81. The second-order valence-electron chi connectivity index (χ2n) is 3.40. The highest BCUT2D eigenvalue weighted by Crippen LogP contribution is 2.10. The minimum atomic E-state index is -0.179. The summed E-state index contributed by atoms with van der Waals surface area (Å²) in [5.41, 5.74) is 0. The van der Waals surface area contributed by atoms with Crippen LogP contribution in [0.3, 0.4) is 0 Å². The van der Waals surface area contributed by atoms with Gasteiger partial charge in [-0.15, -0.1) is 0 Å². The minimum Gasteiger partial charge on any atom is -0.462 e. The van der Waals surface area contributed by atoms with E-state index >= 15 is 0 Å². The van der Waals surface area contributed by atoms with Crippen molar-refractivity contribution in [1.29, 1.82) is 0 Å². The Bertz CT molecular complexity index is 151. The monoisotopic (exact) mass is 170 g/mol. The van der Waals surface area contributed by atoms with E-state index < -0.39 is 0 Å². The van der Waals surface area contributed by atoms with Crippen LogP contribution in [-0.2, 0) is 9.53 Å². The fourth-order valence-electron chi connectivity index (χ4n) is 1.29. The Kier molecular flexibility index (Phi) is 3.53. The number of hydrogen-bond donors (Lipinski definition) is 0. The van der Waals surface area contributed by atoms with Crippen LogP contribution in [0.4, 0.5) is 0 Å². The molecule has 0 aliphatic carbocycles. The zero-order valence-corrected chi connectivity index (χ0v) is 7.75. The van der Waals surface area contributed by atoms with Gasteiger partial charge in [-0.1, -0.05) is 0 Å². The number of esters is 1. The van der Waals surface area contributed by atoms with Gasteiger partial charge in [0.1, 0.15) is 6.04 Å². The molecule has 1 aliphatic heterocycles. The summed E-state index contributed by atoms with van der Waals surface area (Å²) in [7, 11) is 0. The van der Waals surface area contributed by atoms with Gasteiger partial charge in [-0.3, -0.25) is 4.79 Å². The molecule has 1 atom stereocenters. The Balaban J connectivity index is 2.30. The largest absolute Gasteiger partial charge is 0.462 e. The number of piperidine rings is 1. The molecule has 1 heterocycles. The Morgan fingerprint density at radius 2 is 2.25 bits per heavy atom. The van der Waals surface area contributed by atoms with E-state index in [0.717, 1.165) is 25.8 Å². The van der Waals surface area contributed by atoms with Crippen LogP contribution in [0, 0.1) is 0 Å². The number of hydrogen-bond acceptors (Lipinski definition) is 2. The zero-order valence-electron chi connectivity index (χ0n) is 7.75. The van der Waals surface area contributed by atoms with Crippen LogP contribution in [0.25, 0.3) is 0 Å². The summed E-state index contributed by atoms with van der Waals surface area (Å²) in [6.07, 6.45) is 3.06. The number of carbonyl (C=O) groups is 1. The molecule has 0 aromatic carbocycles. The van der Waals surface area contributed by atoms with Crippen molar-refractivity contribution in [1.82, 2.24) is 5.32 Å². The van der Waals surface area contributed by atoms with E-state index in [4.69, 9.17) is 4.74 Å². The van der Waals surface area contributed by atoms with E-state index in [2.05, 4.69) is 5.32 Å². The molecular formula is C9H16NO2. The standard InChI is InChI=1S/C9H16NO2/c1-7(2)12-9(11)8-5-3-4-6-10-8/h7-8H,3-6H2,1-2H3. The van der Waals surface area contributed by atoms with E-state index in [1.807, 2.05) is 13.8 Å². The highest BCUT2D eigenvalue weighted by molar-refractivity contribution is 5.75. The van der Waals surface area contributed by atoms with E-state index in [-0.39, 0.29) is 18.1 Å². The predicted octanol–water partition coefficient (Wildman–Crippen LogP) is 1.09. The molecule has 0 N–H and O–H groups in total. The molecule has 0 bridgehead atoms. The van der Waals surface area contributed by atoms with Crippen LogP contribution >= 0.6 is 0 Å². The summed E-state index contributed by atoms with van der Waals surface area (Å²) >= 11 is 0. The molecule has 0 aromatic rings. The van der Waals surface area contributed by atoms with Crippen LogP contribution in [0.2, 0.25) is 0 Å². The molecular weight excluding hydrogens is 154 g/mol. The molecule has 1 radical (unpaired) electrons. The smallest absolute Gasteiger partial charge is 0.325 e. The lowest BCUT2D eigenvalue weighted by Gasteiger charge is -2.20. The quantitative estimate of drug-likeness (QED) is 0.582. The lowest BCUT2D eigenvalue weighted by atomic mass is 10.1. The second-order valence-corrected chi connectivity index (χ2v) is 3.40. The summed E-state index contributed by atoms with van der Waals surface area (Å²) < 4.78 is 5.06. The third-order valence-corrected chi connectivity index (χ3v) is 1.86. The van der Waals surface area contributed by atoms with Gasteiger partial charge in [0.2, 0.25) is 0 Å². The van der Waals surface area contributed by atoms with Gasteiger partial charge >= 0.3 is 5.97 Å². The maximum absolute atomic E-state index is 11.3. The summed E-state index contributed by atoms with van der Waals surface area (Å²) in [5, 5.41) is 4.21. The first-order valence-electron chi connectivity index (χ1n) is 4.57. The molecule has 3 heteroatoms. The van der Waals surface area contributed by atoms with Crippen LogP contribution < -0.4 is 5.32 Å². The van der Waals surface area contributed by atoms with Crippen molar-refractivity contribution < 1.29 is 9.53 Å². The first kappa shape index (κ1) is 9.52. The van der Waals surface area contributed by atoms with E-state index in [9.17, 15) is 4.79 Å². The minimum absolute atomic E-state index is 0.0189. The molecule has 1 unspecified atom stereocenters. The Morgan fingerprint density at radius 1 is 1.50 bits per heavy atom. The molecule has 12 heavy (non-hydrogen) atoms. The van der Waals surface area contributed by atoms with Crippen LogP contribution in [-0.4, -0.2) is 24.7 Å². The van der Waals surface area contributed by atoms with Gasteiger partial charge in [0.25, 0.3) is 0 Å². The highest BCUT2D eigenvalue weighted by atomic mass is 16.5. The van der Waals surface area contributed by atoms with Crippen molar-refractivity contribution in [3.63, 3.8) is 0 Å². The maximum atomic E-state index is 11.3. The van der Waals surface area contributed by atoms with Crippen molar-refractivity contribution in [2.24, 2.45) is 0 Å². The van der Waals surface area contributed by atoms with Gasteiger partial charge < -0.3 is 4.74 Å². The molecule has 0 saturated carbocycles. The Labute approximate surface area is 73.5 Å². The van der Waals surface area contributed by atoms with Gasteiger partial charge in [-0.25, -0.2) is 5.32 Å². The van der Waals surface area contributed by atoms with Gasteiger partial charge in [0.15, 0.2) is 0 Å². The van der Waals surface area contributed by atoms with Crippen LogP contribution in [0.5, 0.6) is 0 Å². The van der Waals surface area contributed by atoms with E-state index in [1.165, 1.54) is 0 Å². The van der Waals surface area contributed by atoms with Crippen LogP contribution in [0.15, 0.2) is 0 Å². The molecule has 0 spiro atoms. The number of ether oxygens (including phenoxy) is 1. The topological polar surface area (TPSA) is 40.4 Å². The van der Waals surface area contributed by atoms with Gasteiger partial charge in [0.05, 0.1) is 6.10 Å². The maximum Gasteiger partial charge on any atom is 0.325 e. The predicted molar refractivity (Wildman–Crippen MR) is 45.9 cm³/mol. The third-order valence-electron chi connectivity index (χ3n) is 1.86. The zero-order chi connectivity index (χ0) is 8.97. The van der Waals surface area contributed by atoms with Crippen molar-refractivity contribution in [2.45, 2.75) is 45.3 Å². The van der Waals surface area contributed by atoms with Crippen LogP contribution in [0.1, 0.15) is 33.1 Å². The van der Waals surface area contributed by atoms with Gasteiger partial charge in [-0.05, 0) is 33.1 Å². The SMILES string of the molecule is CC(C)OC(=O)C1CCCC[N]1. The average molecular weight is 170 g/mol. The van der Waals surface area contributed by atoms with Gasteiger partial charge in [-0.2, -0.15) is 0 Å². The number of nitrogens with zero attached hydrogens (tertiary/aromatic N) is 1. The second kappa shape index (κ2) is 4.45. The van der Waals surface area contributed by atoms with Crippen molar-refractivity contribution in [2.75, 3.05) is 6.54 Å². The Morgan fingerprint density at radius 3 is 2.75 bits per heavy atom. The number of rotatable bonds is 2. The molecule has 0 aromatic heterocycles. The first-order chi connectivity index (χ1) is 5.70. The molecule has 69 valence electrons. The summed E-state index contributed by atoms with van der Waals surface area (Å²) in [4.78, 5) is 11.3. The molecule has 1 rings (SSSR count). The van der Waals surface area contributed by atoms with Crippen molar-refractivity contribution in [3.05, 3.63) is 0 Å². The highest BCUT2D eigenvalue weighted by Gasteiger charge is 2.23. The molecule has 1 aliphatic rings. The lowest BCUT2D eigenvalue weighted by molar-refractivity contribution is -0.150. The van der Waals surface area contributed by atoms with Gasteiger partial charge in [0, 0.05) is 6.54 Å². The summed E-state index contributed by atoms with van der Waals surface area (Å²) in [5.74, 6) is -0.148. The molecule has 0 amide bonds. The summed E-state index contributed by atoms with van der Waals surface area (Å²) in [6.45, 7) is 4.54. The summed E-state index contributed by atoms with van der Waals surface area (Å²) in [6, 6.07) is -0.179.